The maximum atomic E-state index is 12.8. The second-order valence-corrected chi connectivity index (χ2v) is 3.47. The fourth-order valence-electron chi connectivity index (χ4n) is 0.967. The van der Waals surface area contributed by atoms with Gasteiger partial charge in [-0.3, -0.25) is 0 Å². The number of rotatable bonds is 2. The second-order valence-electron chi connectivity index (χ2n) is 2.61. The van der Waals surface area contributed by atoms with Crippen molar-refractivity contribution in [3.05, 3.63) is 28.0 Å². The van der Waals surface area contributed by atoms with E-state index in [-0.39, 0.29) is 22.4 Å². The summed E-state index contributed by atoms with van der Waals surface area (Å²) in [4.78, 5) is 0. The minimum Gasteiger partial charge on any atom is -0.506 e. The predicted molar refractivity (Wildman–Crippen MR) is 49.8 cm³/mol. The Morgan fingerprint density at radius 2 is 2.15 bits per heavy atom. The number of aromatic hydroxyl groups is 1. The van der Waals surface area contributed by atoms with Gasteiger partial charge in [0.15, 0.2) is 0 Å². The number of phenolic OH excluding ortho intramolecular Hbond substituents is 1. The lowest BCUT2D eigenvalue weighted by Gasteiger charge is -2.11. The summed E-state index contributed by atoms with van der Waals surface area (Å²) in [6.07, 6.45) is 0. The molecule has 1 atom stereocenters. The monoisotopic (exact) mass is 249 g/mol. The van der Waals surface area contributed by atoms with Crippen LogP contribution in [-0.2, 0) is 0 Å². The molecular weight excluding hydrogens is 241 g/mol. The molecule has 1 unspecified atom stereocenters. The summed E-state index contributed by atoms with van der Waals surface area (Å²) in [6, 6.07) is 1.45. The summed E-state index contributed by atoms with van der Waals surface area (Å²) < 4.78 is 13.1. The summed E-state index contributed by atoms with van der Waals surface area (Å²) in [5.74, 6) is -0.647. The van der Waals surface area contributed by atoms with Crippen molar-refractivity contribution in [3.8, 4) is 5.75 Å². The van der Waals surface area contributed by atoms with Crippen LogP contribution < -0.4 is 5.73 Å². The highest BCUT2D eigenvalue weighted by atomic mass is 79.9. The standard InChI is InChI=1S/C8H9BrFNO2/c9-6-2-4(10)1-5(8(6)13)7(11)3-12/h1-2,7,12-13H,3,11H2. The van der Waals surface area contributed by atoms with Gasteiger partial charge < -0.3 is 15.9 Å². The topological polar surface area (TPSA) is 66.5 Å². The normalized spacial score (nSPS) is 12.9. The van der Waals surface area contributed by atoms with Crippen molar-refractivity contribution in [2.75, 3.05) is 6.61 Å². The third kappa shape index (κ3) is 2.18. The minimum atomic E-state index is -0.771. The van der Waals surface area contributed by atoms with Gasteiger partial charge in [-0.2, -0.15) is 0 Å². The zero-order valence-electron chi connectivity index (χ0n) is 6.67. The molecule has 0 bridgehead atoms. The number of hydrogen-bond donors (Lipinski definition) is 3. The van der Waals surface area contributed by atoms with Crippen LogP contribution in [0.3, 0.4) is 0 Å². The van der Waals surface area contributed by atoms with Gasteiger partial charge in [-0.15, -0.1) is 0 Å². The van der Waals surface area contributed by atoms with Crippen LogP contribution in [0.5, 0.6) is 5.75 Å². The molecule has 0 aromatic heterocycles. The SMILES string of the molecule is NC(CO)c1cc(F)cc(Br)c1O. The van der Waals surface area contributed by atoms with E-state index in [1.807, 2.05) is 0 Å². The largest absolute Gasteiger partial charge is 0.506 e. The van der Waals surface area contributed by atoms with E-state index in [9.17, 15) is 9.50 Å². The number of aliphatic hydroxyl groups is 1. The Labute approximate surface area is 83.1 Å². The highest BCUT2D eigenvalue weighted by Gasteiger charge is 2.13. The Bertz CT molecular complexity index is 319. The van der Waals surface area contributed by atoms with Crippen LogP contribution in [0.4, 0.5) is 4.39 Å². The van der Waals surface area contributed by atoms with Gasteiger partial charge in [0.05, 0.1) is 17.1 Å². The van der Waals surface area contributed by atoms with E-state index in [1.165, 1.54) is 0 Å². The van der Waals surface area contributed by atoms with Gasteiger partial charge in [0, 0.05) is 5.56 Å². The molecule has 0 spiro atoms. The van der Waals surface area contributed by atoms with Crippen molar-refractivity contribution >= 4 is 15.9 Å². The first-order valence-electron chi connectivity index (χ1n) is 3.60. The molecule has 0 amide bonds. The molecule has 0 aliphatic heterocycles. The fourth-order valence-corrected chi connectivity index (χ4v) is 1.41. The van der Waals surface area contributed by atoms with E-state index in [1.54, 1.807) is 0 Å². The first-order valence-corrected chi connectivity index (χ1v) is 4.40. The molecule has 1 aromatic carbocycles. The van der Waals surface area contributed by atoms with Gasteiger partial charge in [0.1, 0.15) is 11.6 Å². The molecule has 72 valence electrons. The van der Waals surface area contributed by atoms with Crippen LogP contribution in [0.1, 0.15) is 11.6 Å². The van der Waals surface area contributed by atoms with Crippen molar-refractivity contribution in [1.82, 2.24) is 0 Å². The smallest absolute Gasteiger partial charge is 0.134 e. The van der Waals surface area contributed by atoms with Gasteiger partial charge >= 0.3 is 0 Å². The van der Waals surface area contributed by atoms with Crippen molar-refractivity contribution in [1.29, 1.82) is 0 Å². The first kappa shape index (κ1) is 10.4. The Morgan fingerprint density at radius 1 is 1.54 bits per heavy atom. The lowest BCUT2D eigenvalue weighted by atomic mass is 10.1. The van der Waals surface area contributed by atoms with Crippen LogP contribution in [0.15, 0.2) is 16.6 Å². The molecule has 1 rings (SSSR count). The molecule has 0 heterocycles. The van der Waals surface area contributed by atoms with E-state index in [0.29, 0.717) is 0 Å². The summed E-state index contributed by atoms with van der Waals surface area (Å²) in [6.45, 7) is -0.344. The summed E-state index contributed by atoms with van der Waals surface area (Å²) in [5, 5.41) is 18.1. The van der Waals surface area contributed by atoms with Gasteiger partial charge in [-0.1, -0.05) is 0 Å². The first-order chi connectivity index (χ1) is 6.06. The average molecular weight is 250 g/mol. The Hall–Kier alpha value is -0.650. The molecule has 0 fully saturated rings. The highest BCUT2D eigenvalue weighted by Crippen LogP contribution is 2.31. The van der Waals surface area contributed by atoms with Crippen LogP contribution in [0, 0.1) is 5.82 Å². The van der Waals surface area contributed by atoms with Gasteiger partial charge in [-0.25, -0.2) is 4.39 Å². The van der Waals surface area contributed by atoms with E-state index in [4.69, 9.17) is 10.8 Å². The molecule has 0 saturated carbocycles. The van der Waals surface area contributed by atoms with Gasteiger partial charge in [0.25, 0.3) is 0 Å². The summed E-state index contributed by atoms with van der Waals surface area (Å²) in [5.41, 5.74) is 5.62. The fraction of sp³-hybridized carbons (Fsp3) is 0.250. The molecule has 5 heteroatoms. The third-order valence-corrected chi connectivity index (χ3v) is 2.26. The molecule has 0 aliphatic rings. The quantitative estimate of drug-likeness (QED) is 0.740. The van der Waals surface area contributed by atoms with Crippen molar-refractivity contribution in [2.24, 2.45) is 5.73 Å². The number of benzene rings is 1. The van der Waals surface area contributed by atoms with Crippen molar-refractivity contribution in [3.63, 3.8) is 0 Å². The molecule has 0 saturated heterocycles. The minimum absolute atomic E-state index is 0.136. The third-order valence-electron chi connectivity index (χ3n) is 1.65. The molecule has 0 aliphatic carbocycles. The van der Waals surface area contributed by atoms with E-state index < -0.39 is 11.9 Å². The summed E-state index contributed by atoms with van der Waals surface area (Å²) >= 11 is 2.97. The lowest BCUT2D eigenvalue weighted by Crippen LogP contribution is -2.14. The van der Waals surface area contributed by atoms with Crippen LogP contribution in [-0.4, -0.2) is 16.8 Å². The lowest BCUT2D eigenvalue weighted by molar-refractivity contribution is 0.265. The molecular formula is C8H9BrFNO2. The van der Waals surface area contributed by atoms with E-state index >= 15 is 0 Å². The Balaban J connectivity index is 3.20. The molecule has 3 nitrogen and oxygen atoms in total. The van der Waals surface area contributed by atoms with E-state index in [0.717, 1.165) is 12.1 Å². The maximum Gasteiger partial charge on any atom is 0.134 e. The summed E-state index contributed by atoms with van der Waals surface area (Å²) in [7, 11) is 0. The molecule has 4 N–H and O–H groups in total. The highest BCUT2D eigenvalue weighted by molar-refractivity contribution is 9.10. The van der Waals surface area contributed by atoms with Crippen LogP contribution in [0.2, 0.25) is 0 Å². The Kier molecular flexibility index (Phi) is 3.24. The zero-order chi connectivity index (χ0) is 10.0. The average Bonchev–Trinajstić information content (AvgIpc) is 2.10. The number of halogens is 2. The predicted octanol–water partition coefficient (Wildman–Crippen LogP) is 1.29. The Morgan fingerprint density at radius 3 is 2.69 bits per heavy atom. The van der Waals surface area contributed by atoms with Crippen molar-refractivity contribution in [2.45, 2.75) is 6.04 Å². The molecule has 13 heavy (non-hydrogen) atoms. The van der Waals surface area contributed by atoms with Crippen LogP contribution >= 0.6 is 15.9 Å². The number of nitrogens with two attached hydrogens (primary N) is 1. The zero-order valence-corrected chi connectivity index (χ0v) is 8.25. The van der Waals surface area contributed by atoms with E-state index in [2.05, 4.69) is 15.9 Å². The number of phenols is 1. The van der Waals surface area contributed by atoms with Crippen molar-refractivity contribution < 1.29 is 14.6 Å². The molecule has 1 aromatic rings. The van der Waals surface area contributed by atoms with Crippen LogP contribution in [0.25, 0.3) is 0 Å². The van der Waals surface area contributed by atoms with Gasteiger partial charge in [0.2, 0.25) is 0 Å². The molecule has 0 radical (unpaired) electrons. The number of aliphatic hydroxyl groups excluding tert-OH is 1. The maximum absolute atomic E-state index is 12.8. The van der Waals surface area contributed by atoms with Gasteiger partial charge in [-0.05, 0) is 28.1 Å². The number of hydrogen-bond acceptors (Lipinski definition) is 3. The second kappa shape index (κ2) is 4.04.